The van der Waals surface area contributed by atoms with Gasteiger partial charge in [-0.05, 0) is 47.0 Å². The lowest BCUT2D eigenvalue weighted by Crippen LogP contribution is -2.21. The highest BCUT2D eigenvalue weighted by Gasteiger charge is 2.56. The van der Waals surface area contributed by atoms with Crippen molar-refractivity contribution in [3.8, 4) is 22.6 Å². The lowest BCUT2D eigenvalue weighted by molar-refractivity contribution is -0.139. The number of carbonyl (C=O) groups excluding carboxylic acids is 1. The van der Waals surface area contributed by atoms with Gasteiger partial charge in [0.2, 0.25) is 0 Å². The summed E-state index contributed by atoms with van der Waals surface area (Å²) in [5.41, 5.74) is 1.34. The van der Waals surface area contributed by atoms with Gasteiger partial charge in [0.05, 0.1) is 12.5 Å². The molecule has 0 aliphatic heterocycles. The standard InChI is InChI=1S/C26H21BrO3/c1-26(15-22(26)27)25(28)30-21-14-12-17-8-4-6-10-19(17)24(21)23-18-9-5-3-7-16(18)11-13-20(23)29-2/h3-14,22H,15H2,1-2H3/t22-,26+/m1/s1. The number of benzene rings is 4. The molecule has 1 aliphatic carbocycles. The molecule has 2 atom stereocenters. The van der Waals surface area contributed by atoms with Crippen LogP contribution in [0.4, 0.5) is 0 Å². The highest BCUT2D eigenvalue weighted by Crippen LogP contribution is 2.53. The van der Waals surface area contributed by atoms with Crippen molar-refractivity contribution in [3.63, 3.8) is 0 Å². The molecule has 3 nitrogen and oxygen atoms in total. The molecule has 0 amide bonds. The number of esters is 1. The van der Waals surface area contributed by atoms with Gasteiger partial charge in [0, 0.05) is 16.0 Å². The first-order valence-corrected chi connectivity index (χ1v) is 10.9. The molecule has 4 aromatic carbocycles. The van der Waals surface area contributed by atoms with Crippen LogP contribution in [0.2, 0.25) is 0 Å². The van der Waals surface area contributed by atoms with Crippen molar-refractivity contribution < 1.29 is 14.3 Å². The van der Waals surface area contributed by atoms with E-state index in [1.165, 1.54) is 0 Å². The van der Waals surface area contributed by atoms with E-state index in [2.05, 4.69) is 46.3 Å². The third-order valence-corrected chi connectivity index (χ3v) is 7.39. The van der Waals surface area contributed by atoms with Crippen molar-refractivity contribution in [1.82, 2.24) is 0 Å². The van der Waals surface area contributed by atoms with Crippen LogP contribution in [0.3, 0.4) is 0 Å². The van der Waals surface area contributed by atoms with Crippen LogP contribution in [-0.2, 0) is 4.79 Å². The van der Waals surface area contributed by atoms with Crippen LogP contribution in [0.1, 0.15) is 13.3 Å². The van der Waals surface area contributed by atoms with E-state index < -0.39 is 5.41 Å². The van der Waals surface area contributed by atoms with E-state index >= 15 is 0 Å². The lowest BCUT2D eigenvalue weighted by Gasteiger charge is -2.19. The molecule has 1 aliphatic rings. The first-order valence-electron chi connectivity index (χ1n) is 9.97. The number of ether oxygens (including phenoxy) is 2. The summed E-state index contributed by atoms with van der Waals surface area (Å²) in [5, 5.41) is 4.27. The molecular weight excluding hydrogens is 440 g/mol. The Morgan fingerprint density at radius 3 is 1.90 bits per heavy atom. The van der Waals surface area contributed by atoms with Crippen molar-refractivity contribution in [2.24, 2.45) is 5.41 Å². The van der Waals surface area contributed by atoms with E-state index in [0.29, 0.717) is 5.75 Å². The van der Waals surface area contributed by atoms with Crippen LogP contribution < -0.4 is 9.47 Å². The van der Waals surface area contributed by atoms with Crippen molar-refractivity contribution in [3.05, 3.63) is 72.8 Å². The maximum absolute atomic E-state index is 13.0. The molecule has 0 saturated heterocycles. The molecule has 1 saturated carbocycles. The van der Waals surface area contributed by atoms with Crippen LogP contribution in [0.15, 0.2) is 72.8 Å². The summed E-state index contributed by atoms with van der Waals surface area (Å²) < 4.78 is 11.8. The van der Waals surface area contributed by atoms with Gasteiger partial charge in [0.1, 0.15) is 11.5 Å². The van der Waals surface area contributed by atoms with E-state index in [1.807, 2.05) is 49.4 Å². The van der Waals surface area contributed by atoms with Crippen molar-refractivity contribution >= 4 is 43.4 Å². The third-order valence-electron chi connectivity index (χ3n) is 6.05. The second kappa shape index (κ2) is 7.13. The zero-order valence-corrected chi connectivity index (χ0v) is 18.4. The molecule has 0 bridgehead atoms. The van der Waals surface area contributed by atoms with Gasteiger partial charge in [-0.25, -0.2) is 0 Å². The highest BCUT2D eigenvalue weighted by molar-refractivity contribution is 9.09. The van der Waals surface area contributed by atoms with E-state index in [0.717, 1.165) is 44.8 Å². The first kappa shape index (κ1) is 19.1. The lowest BCUT2D eigenvalue weighted by atomic mass is 9.92. The van der Waals surface area contributed by atoms with Crippen LogP contribution in [0, 0.1) is 5.41 Å². The summed E-state index contributed by atoms with van der Waals surface area (Å²) >= 11 is 3.56. The zero-order valence-electron chi connectivity index (χ0n) is 16.8. The minimum Gasteiger partial charge on any atom is -0.496 e. The SMILES string of the molecule is COc1ccc2ccccc2c1-c1c(OC(=O)[C@@]2(C)C[C@H]2Br)ccc2ccccc12. The van der Waals surface area contributed by atoms with E-state index in [9.17, 15) is 4.79 Å². The minimum atomic E-state index is -0.480. The largest absolute Gasteiger partial charge is 0.496 e. The molecule has 0 spiro atoms. The maximum atomic E-state index is 13.0. The van der Waals surface area contributed by atoms with Gasteiger partial charge in [0.15, 0.2) is 0 Å². The van der Waals surface area contributed by atoms with Gasteiger partial charge < -0.3 is 9.47 Å². The van der Waals surface area contributed by atoms with Crippen LogP contribution in [-0.4, -0.2) is 17.9 Å². The molecule has 0 unspecified atom stereocenters. The molecule has 0 aromatic heterocycles. The first-order chi connectivity index (χ1) is 14.5. The Hall–Kier alpha value is -2.85. The van der Waals surface area contributed by atoms with Crippen LogP contribution in [0.25, 0.3) is 32.7 Å². The number of hydrogen-bond acceptors (Lipinski definition) is 3. The van der Waals surface area contributed by atoms with E-state index in [4.69, 9.17) is 9.47 Å². The Morgan fingerprint density at radius 2 is 1.37 bits per heavy atom. The summed E-state index contributed by atoms with van der Waals surface area (Å²) in [6.45, 7) is 1.94. The fraction of sp³-hybridized carbons (Fsp3) is 0.192. The highest BCUT2D eigenvalue weighted by atomic mass is 79.9. The van der Waals surface area contributed by atoms with Gasteiger partial charge in [-0.15, -0.1) is 0 Å². The Bertz CT molecular complexity index is 1300. The molecule has 4 heteroatoms. The second-order valence-electron chi connectivity index (χ2n) is 8.00. The topological polar surface area (TPSA) is 35.5 Å². The van der Waals surface area contributed by atoms with Crippen molar-refractivity contribution in [1.29, 1.82) is 0 Å². The molecule has 150 valence electrons. The van der Waals surface area contributed by atoms with E-state index in [1.54, 1.807) is 7.11 Å². The molecular formula is C26H21BrO3. The summed E-state index contributed by atoms with van der Waals surface area (Å²) in [6, 6.07) is 24.3. The van der Waals surface area contributed by atoms with Gasteiger partial charge in [-0.3, -0.25) is 4.79 Å². The van der Waals surface area contributed by atoms with Crippen LogP contribution >= 0.6 is 15.9 Å². The van der Waals surface area contributed by atoms with Gasteiger partial charge in [-0.2, -0.15) is 0 Å². The maximum Gasteiger partial charge on any atom is 0.318 e. The monoisotopic (exact) mass is 460 g/mol. The van der Waals surface area contributed by atoms with Gasteiger partial charge in [0.25, 0.3) is 0 Å². The summed E-state index contributed by atoms with van der Waals surface area (Å²) in [7, 11) is 1.67. The number of hydrogen-bond donors (Lipinski definition) is 0. The number of alkyl halides is 1. The van der Waals surface area contributed by atoms with Crippen molar-refractivity contribution in [2.75, 3.05) is 7.11 Å². The average molecular weight is 461 g/mol. The smallest absolute Gasteiger partial charge is 0.318 e. The predicted octanol–water partition coefficient (Wildman–Crippen LogP) is 6.75. The second-order valence-corrected chi connectivity index (χ2v) is 9.11. The molecule has 0 heterocycles. The normalized spacial score (nSPS) is 20.3. The number of carbonyl (C=O) groups is 1. The quantitative estimate of drug-likeness (QED) is 0.192. The summed E-state index contributed by atoms with van der Waals surface area (Å²) in [5.74, 6) is 1.10. The summed E-state index contributed by atoms with van der Waals surface area (Å²) in [6.07, 6.45) is 0.784. The van der Waals surface area contributed by atoms with Crippen molar-refractivity contribution in [2.45, 2.75) is 18.2 Å². The van der Waals surface area contributed by atoms with Gasteiger partial charge in [-0.1, -0.05) is 76.6 Å². The number of methoxy groups -OCH3 is 1. The fourth-order valence-corrected chi connectivity index (χ4v) is 4.87. The molecule has 0 N–H and O–H groups in total. The predicted molar refractivity (Wildman–Crippen MR) is 125 cm³/mol. The summed E-state index contributed by atoms with van der Waals surface area (Å²) in [4.78, 5) is 13.1. The molecule has 5 rings (SSSR count). The van der Waals surface area contributed by atoms with Gasteiger partial charge >= 0.3 is 5.97 Å². The molecule has 1 fully saturated rings. The van der Waals surface area contributed by atoms with E-state index in [-0.39, 0.29) is 10.8 Å². The molecule has 4 aromatic rings. The Balaban J connectivity index is 1.80. The number of rotatable bonds is 4. The number of fused-ring (bicyclic) bond motifs is 2. The molecule has 30 heavy (non-hydrogen) atoms. The Labute approximate surface area is 183 Å². The minimum absolute atomic E-state index is 0.161. The molecule has 0 radical (unpaired) electrons. The fourth-order valence-electron chi connectivity index (χ4n) is 4.01. The van der Waals surface area contributed by atoms with Crippen LogP contribution in [0.5, 0.6) is 11.5 Å². The Morgan fingerprint density at radius 1 is 0.867 bits per heavy atom. The average Bonchev–Trinajstić information content (AvgIpc) is 3.40. The number of halogens is 1. The Kier molecular flexibility index (Phi) is 4.55. The third kappa shape index (κ3) is 2.98. The zero-order chi connectivity index (χ0) is 20.9.